The third-order valence-electron chi connectivity index (χ3n) is 3.60. The van der Waals surface area contributed by atoms with Crippen LogP contribution >= 0.6 is 0 Å². The van der Waals surface area contributed by atoms with E-state index in [2.05, 4.69) is 4.98 Å². The van der Waals surface area contributed by atoms with Crippen LogP contribution in [-0.2, 0) is 11.2 Å². The minimum atomic E-state index is -0.785. The predicted octanol–water partition coefficient (Wildman–Crippen LogP) is 0.539. The summed E-state index contributed by atoms with van der Waals surface area (Å²) in [7, 11) is 3.88. The van der Waals surface area contributed by atoms with Crippen LogP contribution in [-0.4, -0.2) is 65.1 Å². The smallest absolute Gasteiger partial charge is 0.227 e. The first kappa shape index (κ1) is 14.9. The van der Waals surface area contributed by atoms with Gasteiger partial charge in [0.2, 0.25) is 5.91 Å². The number of aromatic nitrogens is 1. The maximum absolute atomic E-state index is 12.3. The quantitative estimate of drug-likeness (QED) is 0.873. The van der Waals surface area contributed by atoms with Crippen molar-refractivity contribution in [3.05, 3.63) is 30.1 Å². The van der Waals surface area contributed by atoms with Gasteiger partial charge in [-0.25, -0.2) is 0 Å². The summed E-state index contributed by atoms with van der Waals surface area (Å²) in [4.78, 5) is 20.1. The molecule has 0 aromatic carbocycles. The Balaban J connectivity index is 1.96. The fraction of sp³-hybridized carbons (Fsp3) is 0.600. The van der Waals surface area contributed by atoms with E-state index in [1.807, 2.05) is 31.1 Å². The molecule has 0 bridgehead atoms. The summed E-state index contributed by atoms with van der Waals surface area (Å²) in [5.41, 5.74) is 0.131. The lowest BCUT2D eigenvalue weighted by molar-refractivity contribution is -0.138. The number of hydrogen-bond donors (Lipinski definition) is 1. The number of rotatable bonds is 4. The molecule has 1 amide bonds. The van der Waals surface area contributed by atoms with E-state index in [1.54, 1.807) is 17.3 Å². The molecule has 1 atom stereocenters. The molecule has 2 rings (SSSR count). The molecule has 1 aromatic rings. The highest BCUT2D eigenvalue weighted by Gasteiger charge is 2.35. The number of hydrogen-bond acceptors (Lipinski definition) is 4. The fourth-order valence-electron chi connectivity index (χ4n) is 2.83. The third-order valence-corrected chi connectivity index (χ3v) is 3.60. The fourth-order valence-corrected chi connectivity index (χ4v) is 2.83. The molecule has 2 heterocycles. The molecule has 1 aliphatic rings. The zero-order valence-corrected chi connectivity index (χ0v) is 12.2. The van der Waals surface area contributed by atoms with Gasteiger partial charge in [0.05, 0.1) is 18.6 Å². The van der Waals surface area contributed by atoms with Crippen LogP contribution in [0.3, 0.4) is 0 Å². The molecule has 5 heteroatoms. The van der Waals surface area contributed by atoms with Gasteiger partial charge < -0.3 is 14.9 Å². The lowest BCUT2D eigenvalue weighted by Crippen LogP contribution is -2.55. The molecule has 5 nitrogen and oxygen atoms in total. The Morgan fingerprint density at radius 2 is 2.35 bits per heavy atom. The Bertz CT molecular complexity index is 450. The highest BCUT2D eigenvalue weighted by molar-refractivity contribution is 5.78. The van der Waals surface area contributed by atoms with Gasteiger partial charge in [-0.15, -0.1) is 0 Å². The summed E-state index contributed by atoms with van der Waals surface area (Å²) >= 11 is 0. The van der Waals surface area contributed by atoms with E-state index in [1.165, 1.54) is 0 Å². The Labute approximate surface area is 120 Å². The normalized spacial score (nSPS) is 23.1. The van der Waals surface area contributed by atoms with Crippen LogP contribution in [0.4, 0.5) is 0 Å². The molecule has 0 spiro atoms. The number of piperidine rings is 1. The maximum atomic E-state index is 12.3. The molecule has 1 aliphatic heterocycles. The lowest BCUT2D eigenvalue weighted by Gasteiger charge is -2.40. The molecule has 0 aliphatic carbocycles. The van der Waals surface area contributed by atoms with Gasteiger partial charge in [0, 0.05) is 25.5 Å². The van der Waals surface area contributed by atoms with Gasteiger partial charge in [-0.05, 0) is 38.6 Å². The van der Waals surface area contributed by atoms with E-state index < -0.39 is 5.60 Å². The maximum Gasteiger partial charge on any atom is 0.227 e. The van der Waals surface area contributed by atoms with Crippen molar-refractivity contribution in [2.24, 2.45) is 0 Å². The Morgan fingerprint density at radius 1 is 1.55 bits per heavy atom. The molecule has 0 saturated carbocycles. The zero-order valence-electron chi connectivity index (χ0n) is 12.2. The number of aliphatic hydroxyl groups is 1. The predicted molar refractivity (Wildman–Crippen MR) is 77.3 cm³/mol. The number of pyridine rings is 1. The van der Waals surface area contributed by atoms with Crippen molar-refractivity contribution in [1.29, 1.82) is 0 Å². The third kappa shape index (κ3) is 4.02. The summed E-state index contributed by atoms with van der Waals surface area (Å²) in [6, 6.07) is 3.74. The SMILES string of the molecule is CN(C)C[C@]1(O)CCCN(C(=O)Cc2cccnc2)C1. The standard InChI is InChI=1S/C15H23N3O2/c1-17(2)11-15(20)6-4-8-18(12-15)14(19)9-13-5-3-7-16-10-13/h3,5,7,10,20H,4,6,8-9,11-12H2,1-2H3/t15-/m1/s1. The van der Waals surface area contributed by atoms with Gasteiger partial charge in [-0.1, -0.05) is 6.07 Å². The first-order valence-corrected chi connectivity index (χ1v) is 7.02. The number of likely N-dealkylation sites (N-methyl/N-ethyl adjacent to an activating group) is 1. The average Bonchev–Trinajstić information content (AvgIpc) is 2.38. The molecule has 110 valence electrons. The summed E-state index contributed by atoms with van der Waals surface area (Å²) < 4.78 is 0. The largest absolute Gasteiger partial charge is 0.387 e. The van der Waals surface area contributed by atoms with Crippen molar-refractivity contribution in [2.75, 3.05) is 33.7 Å². The number of carbonyl (C=O) groups excluding carboxylic acids is 1. The van der Waals surface area contributed by atoms with E-state index in [4.69, 9.17) is 0 Å². The molecule has 0 radical (unpaired) electrons. The second-order valence-electron chi connectivity index (χ2n) is 5.92. The number of β-amino-alcohol motifs (C(OH)–C–C–N with tert-alkyl or cyclic N) is 1. The van der Waals surface area contributed by atoms with Crippen molar-refractivity contribution in [3.63, 3.8) is 0 Å². The van der Waals surface area contributed by atoms with Crippen molar-refractivity contribution in [3.8, 4) is 0 Å². The van der Waals surface area contributed by atoms with Crippen LogP contribution in [0.5, 0.6) is 0 Å². The highest BCUT2D eigenvalue weighted by atomic mass is 16.3. The van der Waals surface area contributed by atoms with E-state index in [0.29, 0.717) is 19.5 Å². The molecule has 1 N–H and O–H groups in total. The number of carbonyl (C=O) groups is 1. The molecule has 1 fully saturated rings. The van der Waals surface area contributed by atoms with Crippen LogP contribution in [0.1, 0.15) is 18.4 Å². The van der Waals surface area contributed by atoms with Crippen molar-refractivity contribution in [2.45, 2.75) is 24.9 Å². The molecular formula is C15H23N3O2. The molecule has 1 aromatic heterocycles. The first-order valence-electron chi connectivity index (χ1n) is 7.02. The second-order valence-corrected chi connectivity index (χ2v) is 5.92. The summed E-state index contributed by atoms with van der Waals surface area (Å²) in [5.74, 6) is 0.0647. The topological polar surface area (TPSA) is 56.7 Å². The van der Waals surface area contributed by atoms with E-state index in [9.17, 15) is 9.90 Å². The van der Waals surface area contributed by atoms with Crippen LogP contribution < -0.4 is 0 Å². The number of likely N-dealkylation sites (tertiary alicyclic amines) is 1. The molecule has 20 heavy (non-hydrogen) atoms. The van der Waals surface area contributed by atoms with E-state index in [-0.39, 0.29) is 5.91 Å². The van der Waals surface area contributed by atoms with Crippen molar-refractivity contribution in [1.82, 2.24) is 14.8 Å². The molecule has 1 saturated heterocycles. The van der Waals surface area contributed by atoms with Gasteiger partial charge in [0.15, 0.2) is 0 Å². The Kier molecular flexibility index (Phi) is 4.73. The Morgan fingerprint density at radius 3 is 3.00 bits per heavy atom. The summed E-state index contributed by atoms with van der Waals surface area (Å²) in [5, 5.41) is 10.6. The van der Waals surface area contributed by atoms with Gasteiger partial charge in [0.1, 0.15) is 0 Å². The lowest BCUT2D eigenvalue weighted by atomic mass is 9.92. The number of nitrogens with zero attached hydrogens (tertiary/aromatic N) is 3. The number of amides is 1. The van der Waals surface area contributed by atoms with E-state index >= 15 is 0 Å². The second kappa shape index (κ2) is 6.33. The van der Waals surface area contributed by atoms with Crippen molar-refractivity contribution >= 4 is 5.91 Å². The van der Waals surface area contributed by atoms with Crippen LogP contribution in [0.25, 0.3) is 0 Å². The van der Waals surface area contributed by atoms with Crippen LogP contribution in [0, 0.1) is 0 Å². The van der Waals surface area contributed by atoms with E-state index in [0.717, 1.165) is 24.9 Å². The first-order chi connectivity index (χ1) is 9.48. The minimum absolute atomic E-state index is 0.0647. The Hall–Kier alpha value is -1.46. The monoisotopic (exact) mass is 277 g/mol. The average molecular weight is 277 g/mol. The van der Waals surface area contributed by atoms with Crippen LogP contribution in [0.15, 0.2) is 24.5 Å². The zero-order chi connectivity index (χ0) is 14.6. The molecular weight excluding hydrogens is 254 g/mol. The van der Waals surface area contributed by atoms with Crippen LogP contribution in [0.2, 0.25) is 0 Å². The van der Waals surface area contributed by atoms with Gasteiger partial charge in [-0.3, -0.25) is 9.78 Å². The summed E-state index contributed by atoms with van der Waals surface area (Å²) in [6.45, 7) is 1.74. The van der Waals surface area contributed by atoms with Gasteiger partial charge in [-0.2, -0.15) is 0 Å². The van der Waals surface area contributed by atoms with Crippen molar-refractivity contribution < 1.29 is 9.90 Å². The molecule has 0 unspecified atom stereocenters. The summed E-state index contributed by atoms with van der Waals surface area (Å²) in [6.07, 6.45) is 5.37. The van der Waals surface area contributed by atoms with Gasteiger partial charge >= 0.3 is 0 Å². The van der Waals surface area contributed by atoms with Gasteiger partial charge in [0.25, 0.3) is 0 Å². The minimum Gasteiger partial charge on any atom is -0.387 e. The highest BCUT2D eigenvalue weighted by Crippen LogP contribution is 2.22.